The highest BCUT2D eigenvalue weighted by molar-refractivity contribution is 5.76. The van der Waals surface area contributed by atoms with Crippen LogP contribution in [0.15, 0.2) is 12.2 Å². The maximum absolute atomic E-state index is 11.8. The van der Waals surface area contributed by atoms with Gasteiger partial charge in [0.25, 0.3) is 0 Å². The van der Waals surface area contributed by atoms with E-state index in [9.17, 15) is 9.90 Å². The van der Waals surface area contributed by atoms with Crippen molar-refractivity contribution in [3.8, 4) is 0 Å². The van der Waals surface area contributed by atoms with Gasteiger partial charge in [-0.25, -0.2) is 0 Å². The van der Waals surface area contributed by atoms with Gasteiger partial charge in [0.2, 0.25) is 5.91 Å². The maximum atomic E-state index is 11.8. The fraction of sp³-hybridized carbons (Fsp3) is 0.786. The van der Waals surface area contributed by atoms with Gasteiger partial charge in [0, 0.05) is 31.6 Å². The number of allylic oxidation sites excluding steroid dienone is 2. The molecule has 4 heteroatoms. The molecule has 102 valence electrons. The Hall–Kier alpha value is -0.870. The second kappa shape index (κ2) is 6.34. The third kappa shape index (κ3) is 3.56. The van der Waals surface area contributed by atoms with Gasteiger partial charge in [-0.1, -0.05) is 12.2 Å². The molecule has 1 atom stereocenters. The first-order valence-corrected chi connectivity index (χ1v) is 6.86. The Balaban J connectivity index is 1.74. The molecular formula is C14H23NO3. The van der Waals surface area contributed by atoms with Crippen LogP contribution in [0.4, 0.5) is 0 Å². The lowest BCUT2D eigenvalue weighted by molar-refractivity contribution is -0.123. The van der Waals surface area contributed by atoms with Crippen molar-refractivity contribution in [3.63, 3.8) is 0 Å². The van der Waals surface area contributed by atoms with Crippen molar-refractivity contribution in [1.29, 1.82) is 0 Å². The van der Waals surface area contributed by atoms with Crippen molar-refractivity contribution in [1.82, 2.24) is 5.32 Å². The summed E-state index contributed by atoms with van der Waals surface area (Å²) in [5.41, 5.74) is -0.167. The van der Waals surface area contributed by atoms with E-state index in [4.69, 9.17) is 4.74 Å². The Morgan fingerprint density at radius 3 is 2.83 bits per heavy atom. The summed E-state index contributed by atoms with van der Waals surface area (Å²) >= 11 is 0. The molecule has 2 rings (SSSR count). The Morgan fingerprint density at radius 2 is 2.22 bits per heavy atom. The minimum absolute atomic E-state index is 0.103. The van der Waals surface area contributed by atoms with Crippen LogP contribution in [0, 0.1) is 11.3 Å². The Kier molecular flexibility index (Phi) is 4.78. The molecule has 0 bridgehead atoms. The second-order valence-corrected chi connectivity index (χ2v) is 5.52. The van der Waals surface area contributed by atoms with E-state index in [1.165, 1.54) is 0 Å². The minimum atomic E-state index is -0.167. The molecule has 0 aromatic heterocycles. The third-order valence-electron chi connectivity index (χ3n) is 4.11. The van der Waals surface area contributed by atoms with Crippen molar-refractivity contribution < 1.29 is 14.6 Å². The lowest BCUT2D eigenvalue weighted by atomic mass is 9.81. The van der Waals surface area contributed by atoms with Gasteiger partial charge < -0.3 is 15.2 Å². The predicted octanol–water partition coefficient (Wildman–Crippen LogP) is 1.25. The number of ether oxygens (including phenoxy) is 1. The number of aliphatic hydroxyl groups excluding tert-OH is 1. The van der Waals surface area contributed by atoms with E-state index >= 15 is 0 Å². The van der Waals surface area contributed by atoms with Gasteiger partial charge in [-0.05, 0) is 31.6 Å². The summed E-state index contributed by atoms with van der Waals surface area (Å²) in [6.07, 6.45) is 8.69. The summed E-state index contributed by atoms with van der Waals surface area (Å²) < 4.78 is 5.31. The van der Waals surface area contributed by atoms with Crippen molar-refractivity contribution >= 4 is 5.91 Å². The van der Waals surface area contributed by atoms with E-state index in [2.05, 4.69) is 17.5 Å². The lowest BCUT2D eigenvalue weighted by Crippen LogP contribution is -2.43. The Labute approximate surface area is 108 Å². The van der Waals surface area contributed by atoms with Crippen LogP contribution in [0.3, 0.4) is 0 Å². The molecule has 1 saturated heterocycles. The van der Waals surface area contributed by atoms with Gasteiger partial charge in [-0.2, -0.15) is 0 Å². The van der Waals surface area contributed by atoms with Gasteiger partial charge in [0.1, 0.15) is 0 Å². The maximum Gasteiger partial charge on any atom is 0.220 e. The number of nitrogens with one attached hydrogen (secondary N) is 1. The Morgan fingerprint density at radius 1 is 1.44 bits per heavy atom. The van der Waals surface area contributed by atoms with Crippen LogP contribution in [-0.4, -0.2) is 37.4 Å². The summed E-state index contributed by atoms with van der Waals surface area (Å²) in [7, 11) is 0. The molecule has 4 nitrogen and oxygen atoms in total. The molecule has 0 aromatic carbocycles. The summed E-state index contributed by atoms with van der Waals surface area (Å²) in [4.78, 5) is 11.8. The van der Waals surface area contributed by atoms with Crippen LogP contribution >= 0.6 is 0 Å². The summed E-state index contributed by atoms with van der Waals surface area (Å²) in [6, 6.07) is 0. The number of amides is 1. The van der Waals surface area contributed by atoms with Crippen molar-refractivity contribution in [2.24, 2.45) is 11.3 Å². The first-order chi connectivity index (χ1) is 8.74. The average Bonchev–Trinajstić information content (AvgIpc) is 2.90. The van der Waals surface area contributed by atoms with E-state index in [1.807, 2.05) is 0 Å². The van der Waals surface area contributed by atoms with E-state index in [-0.39, 0.29) is 17.9 Å². The van der Waals surface area contributed by atoms with E-state index in [1.54, 1.807) is 0 Å². The molecule has 0 aromatic rings. The standard InChI is InChI=1S/C14H23NO3/c16-11-14(5-7-18-8-6-14)10-15-13(17)9-12-3-1-2-4-12/h1,3,12,16H,2,4-11H2,(H,15,17). The number of carbonyl (C=O) groups is 1. The molecule has 18 heavy (non-hydrogen) atoms. The lowest BCUT2D eigenvalue weighted by Gasteiger charge is -2.35. The number of rotatable bonds is 5. The number of carbonyl (C=O) groups excluding carboxylic acids is 1. The topological polar surface area (TPSA) is 58.6 Å². The summed E-state index contributed by atoms with van der Waals surface area (Å²) in [6.45, 7) is 2.06. The van der Waals surface area contributed by atoms with Crippen molar-refractivity contribution in [3.05, 3.63) is 12.2 Å². The largest absolute Gasteiger partial charge is 0.396 e. The SMILES string of the molecule is O=C(CC1C=CCC1)NCC1(CO)CCOCC1. The monoisotopic (exact) mass is 253 g/mol. The summed E-state index contributed by atoms with van der Waals surface area (Å²) in [5.74, 6) is 0.510. The quantitative estimate of drug-likeness (QED) is 0.725. The molecule has 1 aliphatic heterocycles. The van der Waals surface area contributed by atoms with Gasteiger partial charge in [-0.15, -0.1) is 0 Å². The highest BCUT2D eigenvalue weighted by atomic mass is 16.5. The first kappa shape index (κ1) is 13.6. The number of hydrogen-bond acceptors (Lipinski definition) is 3. The van der Waals surface area contributed by atoms with Gasteiger partial charge in [0.05, 0.1) is 6.61 Å². The average molecular weight is 253 g/mol. The zero-order valence-electron chi connectivity index (χ0n) is 10.9. The molecule has 0 spiro atoms. The van der Waals surface area contributed by atoms with Crippen LogP contribution in [0.1, 0.15) is 32.1 Å². The highest BCUT2D eigenvalue weighted by Gasteiger charge is 2.32. The van der Waals surface area contributed by atoms with E-state index in [0.29, 0.717) is 32.1 Å². The van der Waals surface area contributed by atoms with Crippen molar-refractivity contribution in [2.75, 3.05) is 26.4 Å². The summed E-state index contributed by atoms with van der Waals surface area (Å²) in [5, 5.41) is 12.5. The highest BCUT2D eigenvalue weighted by Crippen LogP contribution is 2.29. The molecule has 0 saturated carbocycles. The number of aliphatic hydroxyl groups is 1. The van der Waals surface area contributed by atoms with Gasteiger partial charge in [-0.3, -0.25) is 4.79 Å². The predicted molar refractivity (Wildman–Crippen MR) is 69.1 cm³/mol. The third-order valence-corrected chi connectivity index (χ3v) is 4.11. The van der Waals surface area contributed by atoms with E-state index < -0.39 is 0 Å². The van der Waals surface area contributed by atoms with Crippen LogP contribution < -0.4 is 5.32 Å². The molecule has 1 amide bonds. The normalized spacial score (nSPS) is 26.2. The van der Waals surface area contributed by atoms with Crippen LogP contribution in [-0.2, 0) is 9.53 Å². The minimum Gasteiger partial charge on any atom is -0.396 e. The molecule has 1 aliphatic carbocycles. The molecule has 1 unspecified atom stereocenters. The zero-order chi connectivity index (χ0) is 12.8. The van der Waals surface area contributed by atoms with E-state index in [0.717, 1.165) is 25.7 Å². The second-order valence-electron chi connectivity index (χ2n) is 5.52. The zero-order valence-corrected chi connectivity index (χ0v) is 10.9. The fourth-order valence-electron chi connectivity index (χ4n) is 2.66. The molecule has 1 heterocycles. The van der Waals surface area contributed by atoms with Gasteiger partial charge >= 0.3 is 0 Å². The molecular weight excluding hydrogens is 230 g/mol. The molecule has 2 N–H and O–H groups in total. The van der Waals surface area contributed by atoms with Crippen molar-refractivity contribution in [2.45, 2.75) is 32.1 Å². The first-order valence-electron chi connectivity index (χ1n) is 6.86. The van der Waals surface area contributed by atoms with Crippen LogP contribution in [0.2, 0.25) is 0 Å². The Bertz CT molecular complexity index is 308. The number of hydrogen-bond donors (Lipinski definition) is 2. The molecule has 1 fully saturated rings. The van der Waals surface area contributed by atoms with Gasteiger partial charge in [0.15, 0.2) is 0 Å². The molecule has 0 radical (unpaired) electrons. The fourth-order valence-corrected chi connectivity index (χ4v) is 2.66. The van der Waals surface area contributed by atoms with Crippen LogP contribution in [0.25, 0.3) is 0 Å². The molecule has 2 aliphatic rings. The van der Waals surface area contributed by atoms with Crippen LogP contribution in [0.5, 0.6) is 0 Å². The smallest absolute Gasteiger partial charge is 0.220 e.